The third kappa shape index (κ3) is 5.48. The number of anilines is 2. The van der Waals surface area contributed by atoms with Crippen molar-refractivity contribution in [1.82, 2.24) is 9.55 Å². The molecule has 0 bridgehead atoms. The molecule has 1 aliphatic heterocycles. The first kappa shape index (κ1) is 35.5. The number of allylic oxidation sites excluding steroid dienone is 2. The number of fused-ring (bicyclic) bond motifs is 8. The molecule has 4 nitrogen and oxygen atoms in total. The van der Waals surface area contributed by atoms with Crippen molar-refractivity contribution in [2.45, 2.75) is 32.2 Å². The van der Waals surface area contributed by atoms with Crippen molar-refractivity contribution < 1.29 is 4.74 Å². The van der Waals surface area contributed by atoms with Gasteiger partial charge in [-0.3, -0.25) is 0 Å². The van der Waals surface area contributed by atoms with Crippen molar-refractivity contribution in [3.63, 3.8) is 0 Å². The summed E-state index contributed by atoms with van der Waals surface area (Å²) in [6, 6.07) is 67.0. The van der Waals surface area contributed by atoms with Gasteiger partial charge in [-0.2, -0.15) is 0 Å². The van der Waals surface area contributed by atoms with E-state index in [1.807, 2.05) is 48.5 Å². The maximum Gasteiger partial charge on any atom is 0.131 e. The van der Waals surface area contributed by atoms with Crippen LogP contribution in [0, 0.1) is 5.92 Å². The smallest absolute Gasteiger partial charge is 0.131 e. The zero-order valence-electron chi connectivity index (χ0n) is 34.4. The van der Waals surface area contributed by atoms with Gasteiger partial charge in [0.15, 0.2) is 0 Å². The molecule has 2 aromatic heterocycles. The van der Waals surface area contributed by atoms with Gasteiger partial charge in [-0.25, -0.2) is 4.98 Å². The first-order chi connectivity index (χ1) is 29.9. The minimum Gasteiger partial charge on any atom is -0.457 e. The van der Waals surface area contributed by atoms with E-state index in [9.17, 15) is 0 Å². The number of para-hydroxylation sites is 3. The normalized spacial score (nSPS) is 17.2. The SMILES string of the molecule is CC1C2=C(C=C3c4ccccc4N(c4ccc(Oc5cc(-c6ccccc6)nc(-c6ccccc6)c5)cc4)C31)c1cc3c4ccccc4n(-c4ccccc4)c3cc1C2(C)C. The molecule has 0 spiro atoms. The van der Waals surface area contributed by atoms with Crippen LogP contribution in [-0.2, 0) is 5.41 Å². The van der Waals surface area contributed by atoms with E-state index in [2.05, 4.69) is 176 Å². The lowest BCUT2D eigenvalue weighted by Gasteiger charge is -2.40. The second kappa shape index (κ2) is 13.6. The van der Waals surface area contributed by atoms with Crippen molar-refractivity contribution >= 4 is 44.3 Å². The van der Waals surface area contributed by atoms with Gasteiger partial charge in [0.25, 0.3) is 0 Å². The van der Waals surface area contributed by atoms with E-state index in [4.69, 9.17) is 9.72 Å². The van der Waals surface area contributed by atoms with Gasteiger partial charge in [0, 0.05) is 68.0 Å². The molecular weight excluding hydrogens is 743 g/mol. The monoisotopic (exact) mass is 785 g/mol. The van der Waals surface area contributed by atoms with E-state index < -0.39 is 0 Å². The number of rotatable bonds is 6. The zero-order valence-corrected chi connectivity index (χ0v) is 34.4. The highest BCUT2D eigenvalue weighted by Gasteiger charge is 2.49. The Balaban J connectivity index is 0.923. The number of ether oxygens (including phenoxy) is 1. The van der Waals surface area contributed by atoms with Crippen LogP contribution in [-0.4, -0.2) is 15.6 Å². The molecule has 292 valence electrons. The van der Waals surface area contributed by atoms with E-state index >= 15 is 0 Å². The van der Waals surface area contributed by atoms with Crippen molar-refractivity contribution in [1.29, 1.82) is 0 Å². The van der Waals surface area contributed by atoms with E-state index in [1.165, 1.54) is 66.6 Å². The maximum atomic E-state index is 6.65. The molecule has 2 aliphatic carbocycles. The summed E-state index contributed by atoms with van der Waals surface area (Å²) < 4.78 is 9.09. The van der Waals surface area contributed by atoms with Crippen LogP contribution in [0.1, 0.15) is 37.5 Å². The van der Waals surface area contributed by atoms with Crippen molar-refractivity contribution in [3.05, 3.63) is 216 Å². The summed E-state index contributed by atoms with van der Waals surface area (Å²) in [4.78, 5) is 7.61. The second-order valence-electron chi connectivity index (χ2n) is 17.2. The lowest BCUT2D eigenvalue weighted by molar-refractivity contribution is 0.482. The van der Waals surface area contributed by atoms with Gasteiger partial charge in [0.05, 0.1) is 28.5 Å². The van der Waals surface area contributed by atoms with E-state index in [0.29, 0.717) is 0 Å². The number of hydrogen-bond donors (Lipinski definition) is 0. The molecule has 61 heavy (non-hydrogen) atoms. The largest absolute Gasteiger partial charge is 0.457 e. The molecule has 7 aromatic carbocycles. The van der Waals surface area contributed by atoms with Crippen LogP contribution in [0.5, 0.6) is 11.5 Å². The standard InChI is InChI=1S/C57H43N3O/c1-36-55-47(45-33-46-43-23-13-15-25-52(43)59(39-21-11-6-12-22-39)54(46)35-49(45)57(55,2)3)34-48-44-24-14-16-26-53(44)60(56(36)48)40-27-29-41(30-28-40)61-42-31-50(37-17-7-4-8-18-37)58-51(32-42)38-19-9-5-10-20-38/h4-36,56H,1-3H3. The summed E-state index contributed by atoms with van der Waals surface area (Å²) in [5, 5.41) is 2.58. The fourth-order valence-electron chi connectivity index (χ4n) is 10.7. The van der Waals surface area contributed by atoms with Crippen molar-refractivity contribution in [2.75, 3.05) is 4.90 Å². The second-order valence-corrected chi connectivity index (χ2v) is 17.2. The van der Waals surface area contributed by atoms with Gasteiger partial charge in [-0.15, -0.1) is 0 Å². The van der Waals surface area contributed by atoms with Crippen LogP contribution in [0.2, 0.25) is 0 Å². The van der Waals surface area contributed by atoms with Crippen LogP contribution < -0.4 is 9.64 Å². The predicted octanol–water partition coefficient (Wildman–Crippen LogP) is 14.6. The van der Waals surface area contributed by atoms with Gasteiger partial charge < -0.3 is 14.2 Å². The van der Waals surface area contributed by atoms with Gasteiger partial charge in [-0.1, -0.05) is 136 Å². The molecule has 4 heteroatoms. The van der Waals surface area contributed by atoms with Crippen molar-refractivity contribution in [2.24, 2.45) is 5.92 Å². The Morgan fingerprint density at radius 1 is 0.541 bits per heavy atom. The molecule has 3 aliphatic rings. The van der Waals surface area contributed by atoms with Gasteiger partial charge >= 0.3 is 0 Å². The lowest BCUT2D eigenvalue weighted by Crippen LogP contribution is -2.38. The van der Waals surface area contributed by atoms with Crippen LogP contribution in [0.25, 0.3) is 61.2 Å². The first-order valence-corrected chi connectivity index (χ1v) is 21.3. The molecule has 2 unspecified atom stereocenters. The number of hydrogen-bond acceptors (Lipinski definition) is 3. The minimum absolute atomic E-state index is 0.145. The fourth-order valence-corrected chi connectivity index (χ4v) is 10.7. The molecule has 0 amide bonds. The Labute approximate surface area is 356 Å². The van der Waals surface area contributed by atoms with Crippen LogP contribution in [0.3, 0.4) is 0 Å². The highest BCUT2D eigenvalue weighted by atomic mass is 16.5. The third-order valence-electron chi connectivity index (χ3n) is 13.3. The van der Waals surface area contributed by atoms with Gasteiger partial charge in [0.1, 0.15) is 11.5 Å². The Morgan fingerprint density at radius 3 is 1.87 bits per heavy atom. The molecule has 0 saturated heterocycles. The van der Waals surface area contributed by atoms with Crippen LogP contribution in [0.15, 0.2) is 200 Å². The summed E-state index contributed by atoms with van der Waals surface area (Å²) in [5.41, 5.74) is 18.1. The summed E-state index contributed by atoms with van der Waals surface area (Å²) in [7, 11) is 0. The number of aromatic nitrogens is 2. The molecule has 2 atom stereocenters. The maximum absolute atomic E-state index is 6.65. The lowest BCUT2D eigenvalue weighted by atomic mass is 9.70. The highest BCUT2D eigenvalue weighted by molar-refractivity contribution is 6.12. The van der Waals surface area contributed by atoms with E-state index in [1.54, 1.807) is 0 Å². The summed E-state index contributed by atoms with van der Waals surface area (Å²) in [6.07, 6.45) is 2.53. The van der Waals surface area contributed by atoms with E-state index in [-0.39, 0.29) is 17.4 Å². The average Bonchev–Trinajstić information content (AvgIpc) is 3.90. The zero-order chi connectivity index (χ0) is 40.8. The Hall–Kier alpha value is -7.43. The van der Waals surface area contributed by atoms with Gasteiger partial charge in [-0.05, 0) is 94.6 Å². The molecule has 3 heterocycles. The molecule has 0 N–H and O–H groups in total. The molecule has 12 rings (SSSR count). The summed E-state index contributed by atoms with van der Waals surface area (Å²) in [6.45, 7) is 7.33. The Morgan fingerprint density at radius 2 is 1.16 bits per heavy atom. The third-order valence-corrected chi connectivity index (χ3v) is 13.3. The first-order valence-electron chi connectivity index (χ1n) is 21.3. The average molecular weight is 786 g/mol. The number of pyridine rings is 1. The van der Waals surface area contributed by atoms with Gasteiger partial charge in [0.2, 0.25) is 0 Å². The minimum atomic E-state index is -0.168. The predicted molar refractivity (Wildman–Crippen MR) is 252 cm³/mol. The number of benzene rings is 7. The molecule has 0 fully saturated rings. The quantitative estimate of drug-likeness (QED) is 0.168. The molecular formula is C57H43N3O. The highest BCUT2D eigenvalue weighted by Crippen LogP contribution is 2.60. The summed E-state index contributed by atoms with van der Waals surface area (Å²) in [5.74, 6) is 1.78. The topological polar surface area (TPSA) is 30.3 Å². The molecule has 9 aromatic rings. The van der Waals surface area contributed by atoms with Crippen LogP contribution in [0.4, 0.5) is 11.4 Å². The number of nitrogens with zero attached hydrogens (tertiary/aromatic N) is 3. The van der Waals surface area contributed by atoms with Crippen molar-refractivity contribution in [3.8, 4) is 39.7 Å². The Kier molecular flexibility index (Phi) is 7.89. The fraction of sp³-hybridized carbons (Fsp3) is 0.105. The van der Waals surface area contributed by atoms with E-state index in [0.717, 1.165) is 39.7 Å². The van der Waals surface area contributed by atoms with Crippen LogP contribution >= 0.6 is 0 Å². The molecule has 0 radical (unpaired) electrons. The Bertz CT molecular complexity index is 3190. The summed E-state index contributed by atoms with van der Waals surface area (Å²) >= 11 is 0. The molecule has 0 saturated carbocycles.